The Morgan fingerprint density at radius 3 is 2.41 bits per heavy atom. The van der Waals surface area contributed by atoms with Crippen LogP contribution >= 0.6 is 0 Å². The first-order chi connectivity index (χ1) is 8.03. The molecule has 5 N–H and O–H groups in total. The van der Waals surface area contributed by atoms with E-state index in [1.807, 2.05) is 0 Å². The number of amides is 1. The molecule has 1 atom stereocenters. The number of nitrogens with one attached hydrogen (secondary N) is 1. The van der Waals surface area contributed by atoms with Crippen LogP contribution in [-0.4, -0.2) is 41.3 Å². The molecule has 1 saturated carbocycles. The number of aliphatic hydroxyl groups is 1. The molecule has 0 aromatic rings. The van der Waals surface area contributed by atoms with E-state index in [9.17, 15) is 9.59 Å². The van der Waals surface area contributed by atoms with Gasteiger partial charge in [0, 0.05) is 19.4 Å². The van der Waals surface area contributed by atoms with E-state index >= 15 is 0 Å². The van der Waals surface area contributed by atoms with Gasteiger partial charge in [-0.25, -0.2) is 4.79 Å². The number of aliphatic carboxylic acids is 1. The lowest BCUT2D eigenvalue weighted by Crippen LogP contribution is -2.46. The normalized spacial score (nSPS) is 19.2. The van der Waals surface area contributed by atoms with E-state index in [-0.39, 0.29) is 30.8 Å². The molecule has 98 valence electrons. The van der Waals surface area contributed by atoms with Crippen LogP contribution in [-0.2, 0) is 9.59 Å². The van der Waals surface area contributed by atoms with Crippen molar-refractivity contribution < 1.29 is 19.8 Å². The van der Waals surface area contributed by atoms with Crippen LogP contribution in [0.3, 0.4) is 0 Å². The van der Waals surface area contributed by atoms with Gasteiger partial charge in [-0.2, -0.15) is 0 Å². The van der Waals surface area contributed by atoms with Gasteiger partial charge in [-0.1, -0.05) is 6.42 Å². The van der Waals surface area contributed by atoms with Crippen LogP contribution < -0.4 is 11.1 Å². The second-order valence-electron chi connectivity index (χ2n) is 4.71. The van der Waals surface area contributed by atoms with Crippen molar-refractivity contribution >= 4 is 11.9 Å². The smallest absolute Gasteiger partial charge is 0.326 e. The van der Waals surface area contributed by atoms with Crippen LogP contribution in [0.15, 0.2) is 0 Å². The molecule has 1 amide bonds. The van der Waals surface area contributed by atoms with Gasteiger partial charge in [-0.3, -0.25) is 4.79 Å². The Bertz CT molecular complexity index is 284. The van der Waals surface area contributed by atoms with Crippen molar-refractivity contribution in [2.45, 2.75) is 38.1 Å². The van der Waals surface area contributed by atoms with Gasteiger partial charge in [0.15, 0.2) is 0 Å². The van der Waals surface area contributed by atoms with Gasteiger partial charge in [0.25, 0.3) is 0 Å². The fourth-order valence-corrected chi connectivity index (χ4v) is 2.10. The Morgan fingerprint density at radius 2 is 2.06 bits per heavy atom. The number of nitrogens with two attached hydrogens (primary N) is 1. The van der Waals surface area contributed by atoms with Crippen molar-refractivity contribution in [3.05, 3.63) is 0 Å². The molecule has 6 nitrogen and oxygen atoms in total. The van der Waals surface area contributed by atoms with Crippen molar-refractivity contribution in [3.63, 3.8) is 0 Å². The fraction of sp³-hybridized carbons (Fsp3) is 0.818. The molecular formula is C11H20N2O4. The van der Waals surface area contributed by atoms with Gasteiger partial charge in [0.05, 0.1) is 0 Å². The van der Waals surface area contributed by atoms with Crippen LogP contribution in [0.25, 0.3) is 0 Å². The lowest BCUT2D eigenvalue weighted by atomic mass is 9.66. The molecule has 17 heavy (non-hydrogen) atoms. The van der Waals surface area contributed by atoms with E-state index in [4.69, 9.17) is 15.9 Å². The summed E-state index contributed by atoms with van der Waals surface area (Å²) in [5, 5.41) is 20.0. The quantitative estimate of drug-likeness (QED) is 0.480. The number of carboxylic acid groups (broad SMARTS) is 1. The van der Waals surface area contributed by atoms with Crippen LogP contribution in [0.2, 0.25) is 0 Å². The zero-order valence-electron chi connectivity index (χ0n) is 9.82. The maximum absolute atomic E-state index is 11.7. The summed E-state index contributed by atoms with van der Waals surface area (Å²) in [5.41, 5.74) is 5.50. The van der Waals surface area contributed by atoms with Crippen molar-refractivity contribution in [2.24, 2.45) is 11.1 Å². The summed E-state index contributed by atoms with van der Waals surface area (Å²) in [4.78, 5) is 22.5. The summed E-state index contributed by atoms with van der Waals surface area (Å²) in [7, 11) is 0. The third kappa shape index (κ3) is 3.67. The highest BCUT2D eigenvalue weighted by molar-refractivity contribution is 5.83. The second-order valence-corrected chi connectivity index (χ2v) is 4.71. The highest BCUT2D eigenvalue weighted by Crippen LogP contribution is 2.42. The van der Waals surface area contributed by atoms with Gasteiger partial charge in [0.1, 0.15) is 6.04 Å². The Hall–Kier alpha value is -1.14. The van der Waals surface area contributed by atoms with Gasteiger partial charge in [-0.15, -0.1) is 0 Å². The third-order valence-electron chi connectivity index (χ3n) is 3.43. The number of aliphatic hydroxyl groups excluding tert-OH is 1. The van der Waals surface area contributed by atoms with Crippen molar-refractivity contribution in [3.8, 4) is 0 Å². The number of rotatable bonds is 7. The fourth-order valence-electron chi connectivity index (χ4n) is 2.10. The number of carboxylic acids is 1. The molecule has 0 spiro atoms. The summed E-state index contributed by atoms with van der Waals surface area (Å²) in [5.74, 6) is -1.42. The average Bonchev–Trinajstić information content (AvgIpc) is 2.22. The Balaban J connectivity index is 2.44. The molecule has 0 aromatic heterocycles. The standard InChI is InChI=1S/C11H20N2O4/c12-7-11(3-1-4-11)6-9(15)13-8(2-5-14)10(16)17/h8,14H,1-7,12H2,(H,13,15)(H,16,17)/t8-/m0/s1. The predicted octanol–water partition coefficient (Wildman–Crippen LogP) is -0.543. The van der Waals surface area contributed by atoms with Crippen LogP contribution in [0, 0.1) is 5.41 Å². The van der Waals surface area contributed by atoms with E-state index in [1.54, 1.807) is 0 Å². The number of carbonyl (C=O) groups excluding carboxylic acids is 1. The Morgan fingerprint density at radius 1 is 1.41 bits per heavy atom. The zero-order chi connectivity index (χ0) is 12.9. The third-order valence-corrected chi connectivity index (χ3v) is 3.43. The minimum Gasteiger partial charge on any atom is -0.480 e. The Kier molecular flexibility index (Phi) is 4.89. The van der Waals surface area contributed by atoms with E-state index in [2.05, 4.69) is 5.32 Å². The molecule has 0 unspecified atom stereocenters. The summed E-state index contributed by atoms with van der Waals surface area (Å²) in [6.07, 6.45) is 3.22. The van der Waals surface area contributed by atoms with Gasteiger partial charge in [-0.05, 0) is 24.8 Å². The molecule has 0 bridgehead atoms. The molecular weight excluding hydrogens is 224 g/mol. The zero-order valence-corrected chi connectivity index (χ0v) is 9.82. The largest absolute Gasteiger partial charge is 0.480 e. The van der Waals surface area contributed by atoms with E-state index in [0.29, 0.717) is 6.54 Å². The first kappa shape index (κ1) is 13.9. The van der Waals surface area contributed by atoms with Gasteiger partial charge >= 0.3 is 5.97 Å². The molecule has 0 aromatic carbocycles. The molecule has 0 heterocycles. The van der Waals surface area contributed by atoms with E-state index < -0.39 is 12.0 Å². The Labute approximate surface area is 100 Å². The molecule has 6 heteroatoms. The minimum absolute atomic E-state index is 0.0245. The van der Waals surface area contributed by atoms with E-state index in [1.165, 1.54) is 0 Å². The highest BCUT2D eigenvalue weighted by Gasteiger charge is 2.38. The van der Waals surface area contributed by atoms with E-state index in [0.717, 1.165) is 19.3 Å². The van der Waals surface area contributed by atoms with Gasteiger partial charge in [0.2, 0.25) is 5.91 Å². The first-order valence-electron chi connectivity index (χ1n) is 5.86. The maximum Gasteiger partial charge on any atom is 0.326 e. The molecule has 0 saturated heterocycles. The summed E-state index contributed by atoms with van der Waals surface area (Å²) in [6, 6.07) is -1.01. The summed E-state index contributed by atoms with van der Waals surface area (Å²) in [6.45, 7) is 0.192. The number of hydrogen-bond acceptors (Lipinski definition) is 4. The monoisotopic (exact) mass is 244 g/mol. The molecule has 1 fully saturated rings. The lowest BCUT2D eigenvalue weighted by molar-refractivity contribution is -0.142. The highest BCUT2D eigenvalue weighted by atomic mass is 16.4. The van der Waals surface area contributed by atoms with Crippen molar-refractivity contribution in [1.82, 2.24) is 5.32 Å². The topological polar surface area (TPSA) is 113 Å². The van der Waals surface area contributed by atoms with Crippen molar-refractivity contribution in [2.75, 3.05) is 13.2 Å². The number of carbonyl (C=O) groups is 2. The van der Waals surface area contributed by atoms with Crippen LogP contribution in [0.1, 0.15) is 32.1 Å². The molecule has 0 radical (unpaired) electrons. The molecule has 0 aliphatic heterocycles. The van der Waals surface area contributed by atoms with Crippen LogP contribution in [0.5, 0.6) is 0 Å². The van der Waals surface area contributed by atoms with Gasteiger partial charge < -0.3 is 21.3 Å². The molecule has 1 aliphatic rings. The molecule has 1 aliphatic carbocycles. The average molecular weight is 244 g/mol. The lowest BCUT2D eigenvalue weighted by Gasteiger charge is -2.40. The van der Waals surface area contributed by atoms with Crippen LogP contribution in [0.4, 0.5) is 0 Å². The predicted molar refractivity (Wildman–Crippen MR) is 61.2 cm³/mol. The summed E-state index contributed by atoms with van der Waals surface area (Å²) >= 11 is 0. The molecule has 1 rings (SSSR count). The van der Waals surface area contributed by atoms with Crippen molar-refractivity contribution in [1.29, 1.82) is 0 Å². The SMILES string of the molecule is NCC1(CC(=O)N[C@@H](CCO)C(=O)O)CCC1. The summed E-state index contributed by atoms with van der Waals surface area (Å²) < 4.78 is 0. The maximum atomic E-state index is 11.7. The second kappa shape index (κ2) is 5.97. The number of hydrogen-bond donors (Lipinski definition) is 4. The minimum atomic E-state index is -1.12. The first-order valence-corrected chi connectivity index (χ1v) is 5.86.